The quantitative estimate of drug-likeness (QED) is 0.940. The molecule has 0 aliphatic heterocycles. The molecule has 1 aromatic heterocycles. The van der Waals surface area contributed by atoms with E-state index in [9.17, 15) is 12.8 Å². The Morgan fingerprint density at radius 3 is 2.55 bits per heavy atom. The summed E-state index contributed by atoms with van der Waals surface area (Å²) in [7, 11) is -2.31. The van der Waals surface area contributed by atoms with Gasteiger partial charge in [0.15, 0.2) is 0 Å². The summed E-state index contributed by atoms with van der Waals surface area (Å²) in [5.74, 6) is -0.0986. The highest BCUT2D eigenvalue weighted by atomic mass is 32.2. The number of aromatic nitrogens is 1. The monoisotopic (exact) mass is 296 g/mol. The summed E-state index contributed by atoms with van der Waals surface area (Å²) in [6.45, 7) is 1.53. The molecule has 1 aromatic carbocycles. The number of aryl methyl sites for hydroxylation is 1. The van der Waals surface area contributed by atoms with E-state index >= 15 is 0 Å². The van der Waals surface area contributed by atoms with Crippen molar-refractivity contribution in [2.24, 2.45) is 0 Å². The van der Waals surface area contributed by atoms with Gasteiger partial charge in [-0.25, -0.2) is 17.8 Å². The Hall–Kier alpha value is -2.15. The zero-order valence-corrected chi connectivity index (χ0v) is 11.7. The van der Waals surface area contributed by atoms with E-state index in [2.05, 4.69) is 9.71 Å². The summed E-state index contributed by atoms with van der Waals surface area (Å²) < 4.78 is 44.7. The molecule has 7 heteroatoms. The number of benzene rings is 1. The fourth-order valence-electron chi connectivity index (χ4n) is 1.69. The molecule has 0 unspecified atom stereocenters. The largest absolute Gasteiger partial charge is 0.481 e. The zero-order chi connectivity index (χ0) is 14.8. The van der Waals surface area contributed by atoms with E-state index in [0.29, 0.717) is 17.1 Å². The SMILES string of the molecule is COc1ccc(NS(=O)(=O)c2ccc(F)cc2C)cn1. The molecule has 0 atom stereocenters. The average molecular weight is 296 g/mol. The third-order valence-electron chi connectivity index (χ3n) is 2.62. The number of methoxy groups -OCH3 is 1. The third-order valence-corrected chi connectivity index (χ3v) is 4.17. The van der Waals surface area contributed by atoms with Crippen LogP contribution in [0.2, 0.25) is 0 Å². The van der Waals surface area contributed by atoms with Gasteiger partial charge >= 0.3 is 0 Å². The Morgan fingerprint density at radius 2 is 2.00 bits per heavy atom. The van der Waals surface area contributed by atoms with Gasteiger partial charge in [0.05, 0.1) is 23.9 Å². The fraction of sp³-hybridized carbons (Fsp3) is 0.154. The molecular formula is C13H13FN2O3S. The molecule has 0 amide bonds. The maximum absolute atomic E-state index is 13.0. The first-order valence-corrected chi connectivity index (χ1v) is 7.20. The standard InChI is InChI=1S/C13H13FN2O3S/c1-9-7-10(14)3-5-12(9)20(17,18)16-11-4-6-13(19-2)15-8-11/h3-8,16H,1-2H3. The van der Waals surface area contributed by atoms with E-state index < -0.39 is 15.8 Å². The Bertz CT molecular complexity index is 715. The summed E-state index contributed by atoms with van der Waals surface area (Å²) in [4.78, 5) is 3.93. The highest BCUT2D eigenvalue weighted by Crippen LogP contribution is 2.20. The first-order valence-electron chi connectivity index (χ1n) is 5.71. The number of pyridine rings is 1. The second-order valence-corrected chi connectivity index (χ2v) is 5.76. The minimum Gasteiger partial charge on any atom is -0.481 e. The van der Waals surface area contributed by atoms with Crippen LogP contribution in [0.4, 0.5) is 10.1 Å². The van der Waals surface area contributed by atoms with Crippen LogP contribution in [0.5, 0.6) is 5.88 Å². The molecule has 20 heavy (non-hydrogen) atoms. The predicted octanol–water partition coefficient (Wildman–Crippen LogP) is 2.34. The second kappa shape index (κ2) is 5.46. The van der Waals surface area contributed by atoms with Crippen LogP contribution in [0.3, 0.4) is 0 Å². The van der Waals surface area contributed by atoms with Crippen molar-refractivity contribution >= 4 is 15.7 Å². The van der Waals surface area contributed by atoms with Crippen LogP contribution in [0.1, 0.15) is 5.56 Å². The highest BCUT2D eigenvalue weighted by Gasteiger charge is 2.17. The Balaban J connectivity index is 2.30. The minimum atomic E-state index is -3.78. The summed E-state index contributed by atoms with van der Waals surface area (Å²) in [6.07, 6.45) is 1.34. The van der Waals surface area contributed by atoms with Crippen LogP contribution < -0.4 is 9.46 Å². The van der Waals surface area contributed by atoms with Crippen LogP contribution in [0.25, 0.3) is 0 Å². The Labute approximate surface area is 116 Å². The lowest BCUT2D eigenvalue weighted by atomic mass is 10.2. The zero-order valence-electron chi connectivity index (χ0n) is 10.9. The molecule has 0 saturated heterocycles. The summed E-state index contributed by atoms with van der Waals surface area (Å²) >= 11 is 0. The van der Waals surface area contributed by atoms with Gasteiger partial charge in [0.1, 0.15) is 5.82 Å². The van der Waals surface area contributed by atoms with Crippen molar-refractivity contribution in [3.05, 3.63) is 47.9 Å². The fourth-order valence-corrected chi connectivity index (χ4v) is 2.96. The van der Waals surface area contributed by atoms with Crippen LogP contribution in [-0.2, 0) is 10.0 Å². The number of hydrogen-bond acceptors (Lipinski definition) is 4. The number of hydrogen-bond donors (Lipinski definition) is 1. The average Bonchev–Trinajstić information content (AvgIpc) is 2.38. The minimum absolute atomic E-state index is 0.0229. The molecule has 0 bridgehead atoms. The summed E-state index contributed by atoms with van der Waals surface area (Å²) in [6, 6.07) is 6.57. The van der Waals surface area contributed by atoms with Crippen molar-refractivity contribution < 1.29 is 17.5 Å². The number of halogens is 1. The molecule has 0 aliphatic rings. The van der Waals surface area contributed by atoms with Gasteiger partial charge in [0.25, 0.3) is 10.0 Å². The van der Waals surface area contributed by atoms with Gasteiger partial charge in [0.2, 0.25) is 5.88 Å². The van der Waals surface area contributed by atoms with Gasteiger partial charge in [-0.15, -0.1) is 0 Å². The molecule has 2 aromatic rings. The summed E-state index contributed by atoms with van der Waals surface area (Å²) in [5.41, 5.74) is 0.633. The van der Waals surface area contributed by atoms with Crippen molar-refractivity contribution in [2.75, 3.05) is 11.8 Å². The van der Waals surface area contributed by atoms with Gasteiger partial charge in [-0.3, -0.25) is 4.72 Å². The number of anilines is 1. The van der Waals surface area contributed by atoms with Gasteiger partial charge in [-0.05, 0) is 36.8 Å². The van der Waals surface area contributed by atoms with Gasteiger partial charge < -0.3 is 4.74 Å². The number of sulfonamides is 1. The molecule has 0 fully saturated rings. The normalized spacial score (nSPS) is 11.2. The lowest BCUT2D eigenvalue weighted by Crippen LogP contribution is -2.14. The van der Waals surface area contributed by atoms with Crippen molar-refractivity contribution in [2.45, 2.75) is 11.8 Å². The molecular weight excluding hydrogens is 283 g/mol. The summed E-state index contributed by atoms with van der Waals surface area (Å²) in [5, 5.41) is 0. The first kappa shape index (κ1) is 14.3. The van der Waals surface area contributed by atoms with Crippen LogP contribution >= 0.6 is 0 Å². The van der Waals surface area contributed by atoms with Crippen LogP contribution in [-0.4, -0.2) is 20.5 Å². The number of ether oxygens (including phenoxy) is 1. The topological polar surface area (TPSA) is 68.3 Å². The second-order valence-electron chi connectivity index (χ2n) is 4.10. The van der Waals surface area contributed by atoms with Gasteiger partial charge in [-0.2, -0.15) is 0 Å². The third kappa shape index (κ3) is 3.05. The lowest BCUT2D eigenvalue weighted by molar-refractivity contribution is 0.398. The van der Waals surface area contributed by atoms with E-state index in [-0.39, 0.29) is 4.90 Å². The molecule has 5 nitrogen and oxygen atoms in total. The van der Waals surface area contributed by atoms with Crippen molar-refractivity contribution in [1.29, 1.82) is 0 Å². The molecule has 0 spiro atoms. The van der Waals surface area contributed by atoms with Crippen molar-refractivity contribution in [1.82, 2.24) is 4.98 Å². The number of nitrogens with zero attached hydrogens (tertiary/aromatic N) is 1. The van der Waals surface area contributed by atoms with Crippen molar-refractivity contribution in [3.8, 4) is 5.88 Å². The van der Waals surface area contributed by atoms with Crippen LogP contribution in [0, 0.1) is 12.7 Å². The molecule has 2 rings (SSSR count). The number of rotatable bonds is 4. The van der Waals surface area contributed by atoms with Crippen molar-refractivity contribution in [3.63, 3.8) is 0 Å². The Morgan fingerprint density at radius 1 is 1.25 bits per heavy atom. The first-order chi connectivity index (χ1) is 9.42. The highest BCUT2D eigenvalue weighted by molar-refractivity contribution is 7.92. The Kier molecular flexibility index (Phi) is 3.89. The number of nitrogens with one attached hydrogen (secondary N) is 1. The predicted molar refractivity (Wildman–Crippen MR) is 72.7 cm³/mol. The van der Waals surface area contributed by atoms with E-state index in [1.54, 1.807) is 0 Å². The molecule has 0 radical (unpaired) electrons. The molecule has 1 N–H and O–H groups in total. The van der Waals surface area contributed by atoms with E-state index in [1.807, 2.05) is 0 Å². The molecule has 106 valence electrons. The lowest BCUT2D eigenvalue weighted by Gasteiger charge is -2.10. The van der Waals surface area contributed by atoms with Crippen LogP contribution in [0.15, 0.2) is 41.4 Å². The van der Waals surface area contributed by atoms with E-state index in [4.69, 9.17) is 4.74 Å². The maximum Gasteiger partial charge on any atom is 0.262 e. The van der Waals surface area contributed by atoms with E-state index in [0.717, 1.165) is 6.07 Å². The van der Waals surface area contributed by atoms with Gasteiger partial charge in [0, 0.05) is 6.07 Å². The molecule has 1 heterocycles. The smallest absolute Gasteiger partial charge is 0.262 e. The molecule has 0 aliphatic carbocycles. The molecule has 0 saturated carbocycles. The maximum atomic E-state index is 13.0. The van der Waals surface area contributed by atoms with Gasteiger partial charge in [-0.1, -0.05) is 0 Å². The van der Waals surface area contributed by atoms with E-state index in [1.165, 1.54) is 44.5 Å².